The van der Waals surface area contributed by atoms with Gasteiger partial charge >= 0.3 is 0 Å². The van der Waals surface area contributed by atoms with Crippen molar-refractivity contribution in [2.45, 2.75) is 105 Å². The summed E-state index contributed by atoms with van der Waals surface area (Å²) in [7, 11) is 0. The van der Waals surface area contributed by atoms with Gasteiger partial charge in [0, 0.05) is 0 Å². The van der Waals surface area contributed by atoms with Crippen LogP contribution >= 0.6 is 0 Å². The smallest absolute Gasteiger partial charge is 0.135 e. The summed E-state index contributed by atoms with van der Waals surface area (Å²) in [5.41, 5.74) is 2.07. The number of hydrogen-bond acceptors (Lipinski definition) is 2. The number of aryl methyl sites for hydroxylation is 1. The summed E-state index contributed by atoms with van der Waals surface area (Å²) in [5, 5.41) is 0. The van der Waals surface area contributed by atoms with Crippen LogP contribution in [0, 0.1) is 18.8 Å². The van der Waals surface area contributed by atoms with Gasteiger partial charge in [-0.2, -0.15) is 0 Å². The van der Waals surface area contributed by atoms with Crippen molar-refractivity contribution < 1.29 is 9.47 Å². The predicted molar refractivity (Wildman–Crippen MR) is 121 cm³/mol. The van der Waals surface area contributed by atoms with Gasteiger partial charge in [0.1, 0.15) is 11.5 Å². The highest BCUT2D eigenvalue weighted by molar-refractivity contribution is 5.53. The Bertz CT molecular complexity index is 580. The van der Waals surface area contributed by atoms with Gasteiger partial charge in [-0.05, 0) is 44.4 Å². The maximum absolute atomic E-state index is 6.05. The van der Waals surface area contributed by atoms with Crippen molar-refractivity contribution in [2.75, 3.05) is 13.2 Å². The van der Waals surface area contributed by atoms with E-state index in [4.69, 9.17) is 9.47 Å². The van der Waals surface area contributed by atoms with Gasteiger partial charge in [-0.15, -0.1) is 5.92 Å². The zero-order chi connectivity index (χ0) is 20.5. The Morgan fingerprint density at radius 2 is 1.18 bits per heavy atom. The van der Waals surface area contributed by atoms with Gasteiger partial charge in [-0.3, -0.25) is 0 Å². The minimum Gasteiger partial charge on any atom is -0.493 e. The molecule has 0 radical (unpaired) electrons. The fraction of sp³-hybridized carbons (Fsp3) is 0.692. The minimum absolute atomic E-state index is 0.766. The molecule has 1 aromatic carbocycles. The quantitative estimate of drug-likeness (QED) is 0.213. The zero-order valence-electron chi connectivity index (χ0n) is 18.9. The lowest BCUT2D eigenvalue weighted by Gasteiger charge is -2.14. The number of hydrogen-bond donors (Lipinski definition) is 0. The highest BCUT2D eigenvalue weighted by atomic mass is 16.5. The van der Waals surface area contributed by atoms with Gasteiger partial charge in [-0.1, -0.05) is 84.0 Å². The molecule has 0 saturated heterocycles. The Morgan fingerprint density at radius 3 is 1.71 bits per heavy atom. The summed E-state index contributed by atoms with van der Waals surface area (Å²) >= 11 is 0. The van der Waals surface area contributed by atoms with Crippen LogP contribution in [-0.2, 0) is 0 Å². The fourth-order valence-corrected chi connectivity index (χ4v) is 3.30. The normalized spacial score (nSPS) is 10.4. The first-order chi connectivity index (χ1) is 13.7. The second-order valence-corrected chi connectivity index (χ2v) is 7.72. The van der Waals surface area contributed by atoms with Gasteiger partial charge in [0.05, 0.1) is 18.8 Å². The summed E-state index contributed by atoms with van der Waals surface area (Å²) in [6.45, 7) is 10.0. The average molecular weight is 387 g/mol. The Balaban J connectivity index is 2.47. The molecule has 0 unspecified atom stereocenters. The van der Waals surface area contributed by atoms with Crippen molar-refractivity contribution in [1.29, 1.82) is 0 Å². The van der Waals surface area contributed by atoms with Crippen molar-refractivity contribution >= 4 is 0 Å². The van der Waals surface area contributed by atoms with Gasteiger partial charge in [0.15, 0.2) is 0 Å². The van der Waals surface area contributed by atoms with Gasteiger partial charge < -0.3 is 9.47 Å². The molecule has 0 spiro atoms. The lowest BCUT2D eigenvalue weighted by atomic mass is 10.1. The third-order valence-corrected chi connectivity index (χ3v) is 5.05. The van der Waals surface area contributed by atoms with E-state index in [-0.39, 0.29) is 0 Å². The first-order valence-corrected chi connectivity index (χ1v) is 11.6. The molecule has 1 rings (SSSR count). The lowest BCUT2D eigenvalue weighted by Crippen LogP contribution is -2.03. The largest absolute Gasteiger partial charge is 0.493 e. The van der Waals surface area contributed by atoms with Crippen molar-refractivity contribution in [3.63, 3.8) is 0 Å². The number of unbranched alkanes of at least 4 members (excludes halogenated alkanes) is 10. The third kappa shape index (κ3) is 10.6. The van der Waals surface area contributed by atoms with Crippen molar-refractivity contribution in [1.82, 2.24) is 0 Å². The van der Waals surface area contributed by atoms with Crippen LogP contribution in [0.3, 0.4) is 0 Å². The topological polar surface area (TPSA) is 18.5 Å². The van der Waals surface area contributed by atoms with E-state index in [9.17, 15) is 0 Å². The number of rotatable bonds is 16. The van der Waals surface area contributed by atoms with Crippen LogP contribution < -0.4 is 9.47 Å². The first kappa shape index (κ1) is 24.4. The molecular formula is C26H42O2. The molecule has 0 fully saturated rings. The Labute approximate surface area is 174 Å². The van der Waals surface area contributed by atoms with Crippen LogP contribution in [0.4, 0.5) is 0 Å². The first-order valence-electron chi connectivity index (χ1n) is 11.6. The monoisotopic (exact) mass is 386 g/mol. The second kappa shape index (κ2) is 16.3. The van der Waals surface area contributed by atoms with E-state index in [1.807, 2.05) is 6.92 Å². The van der Waals surface area contributed by atoms with Crippen molar-refractivity contribution in [3.05, 3.63) is 23.3 Å². The molecule has 0 bridgehead atoms. The van der Waals surface area contributed by atoms with Crippen LogP contribution in [0.5, 0.6) is 11.5 Å². The van der Waals surface area contributed by atoms with E-state index in [0.717, 1.165) is 48.7 Å². The van der Waals surface area contributed by atoms with Crippen LogP contribution in [0.15, 0.2) is 12.1 Å². The van der Waals surface area contributed by atoms with E-state index < -0.39 is 0 Å². The summed E-state index contributed by atoms with van der Waals surface area (Å²) in [6, 6.07) is 4.15. The molecule has 0 aliphatic carbocycles. The molecule has 0 atom stereocenters. The summed E-state index contributed by atoms with van der Waals surface area (Å²) in [4.78, 5) is 0. The fourth-order valence-electron chi connectivity index (χ4n) is 3.30. The lowest BCUT2D eigenvalue weighted by molar-refractivity contribution is 0.294. The van der Waals surface area contributed by atoms with E-state index >= 15 is 0 Å². The van der Waals surface area contributed by atoms with Gasteiger partial charge in [0.25, 0.3) is 0 Å². The van der Waals surface area contributed by atoms with Gasteiger partial charge in [-0.25, -0.2) is 0 Å². The van der Waals surface area contributed by atoms with Gasteiger partial charge in [0.2, 0.25) is 0 Å². The maximum atomic E-state index is 6.05. The number of benzene rings is 1. The van der Waals surface area contributed by atoms with Crippen LogP contribution in [0.25, 0.3) is 0 Å². The summed E-state index contributed by atoms with van der Waals surface area (Å²) < 4.78 is 12.1. The molecule has 0 aliphatic rings. The molecular weight excluding hydrogens is 344 g/mol. The molecule has 2 nitrogen and oxygen atoms in total. The molecule has 2 heteroatoms. The van der Waals surface area contributed by atoms with E-state index in [2.05, 4.69) is 44.7 Å². The minimum atomic E-state index is 0.766. The summed E-state index contributed by atoms with van der Waals surface area (Å²) in [6.07, 6.45) is 15.3. The van der Waals surface area contributed by atoms with E-state index in [1.54, 1.807) is 0 Å². The highest BCUT2D eigenvalue weighted by Crippen LogP contribution is 2.28. The van der Waals surface area contributed by atoms with Crippen LogP contribution in [-0.4, -0.2) is 13.2 Å². The molecule has 1 aromatic rings. The zero-order valence-corrected chi connectivity index (χ0v) is 18.9. The SMILES string of the molecule is CC#Cc1cc(OCCCCCCCC)c(C)cc1OCCCCCCCC. The standard InChI is InChI=1S/C26H42O2/c1-5-8-10-12-14-16-19-27-25-22-24(18-7-3)26(21-23(25)4)28-20-17-15-13-11-9-6-2/h21-22H,5-6,8-17,19-20H2,1-4H3. The summed E-state index contributed by atoms with van der Waals surface area (Å²) in [5.74, 6) is 8.03. The maximum Gasteiger partial charge on any atom is 0.135 e. The van der Waals surface area contributed by atoms with E-state index in [1.165, 1.54) is 64.2 Å². The molecule has 0 amide bonds. The predicted octanol–water partition coefficient (Wildman–Crippen LogP) is 7.85. The van der Waals surface area contributed by atoms with Crippen LogP contribution in [0.1, 0.15) is 109 Å². The molecule has 0 aliphatic heterocycles. The molecule has 0 heterocycles. The Morgan fingerprint density at radius 1 is 0.679 bits per heavy atom. The Hall–Kier alpha value is -1.62. The molecule has 0 aromatic heterocycles. The van der Waals surface area contributed by atoms with E-state index in [0.29, 0.717) is 0 Å². The third-order valence-electron chi connectivity index (χ3n) is 5.05. The average Bonchev–Trinajstić information content (AvgIpc) is 2.69. The molecule has 28 heavy (non-hydrogen) atoms. The molecule has 158 valence electrons. The number of ether oxygens (including phenoxy) is 2. The van der Waals surface area contributed by atoms with Crippen molar-refractivity contribution in [3.8, 4) is 23.3 Å². The highest BCUT2D eigenvalue weighted by Gasteiger charge is 2.09. The molecule has 0 N–H and O–H groups in total. The second-order valence-electron chi connectivity index (χ2n) is 7.72. The van der Waals surface area contributed by atoms with Crippen LogP contribution in [0.2, 0.25) is 0 Å². The Kier molecular flexibility index (Phi) is 14.3. The molecule has 0 saturated carbocycles. The van der Waals surface area contributed by atoms with Crippen molar-refractivity contribution in [2.24, 2.45) is 0 Å².